The van der Waals surface area contributed by atoms with Gasteiger partial charge in [0.2, 0.25) is 0 Å². The summed E-state index contributed by atoms with van der Waals surface area (Å²) < 4.78 is 5.89. The molecule has 0 unspecified atom stereocenters. The fraction of sp³-hybridized carbons (Fsp3) is 0.611. The van der Waals surface area contributed by atoms with Crippen molar-refractivity contribution < 1.29 is 4.74 Å². The van der Waals surface area contributed by atoms with Gasteiger partial charge in [0.25, 0.3) is 0 Å². The van der Waals surface area contributed by atoms with Gasteiger partial charge in [-0.1, -0.05) is 32.0 Å². The van der Waals surface area contributed by atoms with E-state index in [9.17, 15) is 0 Å². The van der Waals surface area contributed by atoms with E-state index < -0.39 is 0 Å². The average molecular weight is 338 g/mol. The van der Waals surface area contributed by atoms with Crippen molar-refractivity contribution in [2.75, 3.05) is 32.2 Å². The van der Waals surface area contributed by atoms with Crippen LogP contribution >= 0.6 is 11.8 Å². The smallest absolute Gasteiger partial charge is 0.191 e. The molecule has 0 amide bonds. The lowest BCUT2D eigenvalue weighted by atomic mass is 10.2. The molecule has 1 rings (SSSR count). The average Bonchev–Trinajstić information content (AvgIpc) is 2.56. The maximum Gasteiger partial charge on any atom is 0.191 e. The molecule has 0 fully saturated rings. The lowest BCUT2D eigenvalue weighted by Gasteiger charge is -2.15. The number of para-hydroxylation sites is 1. The number of hydrogen-bond donors (Lipinski definition) is 2. The standard InChI is InChI=1S/C18H31N3OS/c1-15(2)14-22-17-10-6-5-9-16(17)13-21-18(19-3)20-11-7-8-12-23-4/h5-6,9-10,15H,7-8,11-14H2,1-4H3,(H2,19,20,21). The van der Waals surface area contributed by atoms with Crippen molar-refractivity contribution in [1.29, 1.82) is 0 Å². The van der Waals surface area contributed by atoms with E-state index in [4.69, 9.17) is 4.74 Å². The van der Waals surface area contributed by atoms with Gasteiger partial charge in [-0.3, -0.25) is 4.99 Å². The number of nitrogens with zero attached hydrogens (tertiary/aromatic N) is 1. The summed E-state index contributed by atoms with van der Waals surface area (Å²) in [6.45, 7) is 6.71. The van der Waals surface area contributed by atoms with Crippen LogP contribution in [0.1, 0.15) is 32.3 Å². The summed E-state index contributed by atoms with van der Waals surface area (Å²) in [6, 6.07) is 8.17. The van der Waals surface area contributed by atoms with Gasteiger partial charge < -0.3 is 15.4 Å². The lowest BCUT2D eigenvalue weighted by molar-refractivity contribution is 0.268. The number of rotatable bonds is 10. The Morgan fingerprint density at radius 2 is 2.00 bits per heavy atom. The van der Waals surface area contributed by atoms with Crippen LogP contribution in [-0.4, -0.2) is 38.2 Å². The van der Waals surface area contributed by atoms with Gasteiger partial charge >= 0.3 is 0 Å². The Kier molecular flexibility index (Phi) is 10.4. The van der Waals surface area contributed by atoms with E-state index in [1.54, 1.807) is 7.05 Å². The Hall–Kier alpha value is -1.36. The molecular weight excluding hydrogens is 306 g/mol. The van der Waals surface area contributed by atoms with Crippen molar-refractivity contribution in [2.24, 2.45) is 10.9 Å². The minimum Gasteiger partial charge on any atom is -0.493 e. The van der Waals surface area contributed by atoms with Crippen molar-refractivity contribution >= 4 is 17.7 Å². The molecule has 5 heteroatoms. The second-order valence-electron chi connectivity index (χ2n) is 5.87. The Balaban J connectivity index is 2.43. The lowest BCUT2D eigenvalue weighted by Crippen LogP contribution is -2.37. The second kappa shape index (κ2) is 12.1. The third kappa shape index (κ3) is 8.74. The Morgan fingerprint density at radius 1 is 1.22 bits per heavy atom. The van der Waals surface area contributed by atoms with Gasteiger partial charge in [0, 0.05) is 25.7 Å². The van der Waals surface area contributed by atoms with Crippen LogP contribution in [0.5, 0.6) is 5.75 Å². The monoisotopic (exact) mass is 337 g/mol. The molecule has 0 spiro atoms. The predicted molar refractivity (Wildman–Crippen MR) is 103 cm³/mol. The Morgan fingerprint density at radius 3 is 2.70 bits per heavy atom. The topological polar surface area (TPSA) is 45.7 Å². The van der Waals surface area contributed by atoms with Crippen molar-refractivity contribution in [3.8, 4) is 5.75 Å². The number of ether oxygens (including phenoxy) is 1. The highest BCUT2D eigenvalue weighted by Crippen LogP contribution is 2.18. The fourth-order valence-corrected chi connectivity index (χ4v) is 2.52. The van der Waals surface area contributed by atoms with E-state index in [0.29, 0.717) is 12.5 Å². The Labute approximate surface area is 145 Å². The minimum atomic E-state index is 0.520. The van der Waals surface area contributed by atoms with Gasteiger partial charge in [0.15, 0.2) is 5.96 Å². The quantitative estimate of drug-likeness (QED) is 0.389. The molecule has 4 nitrogen and oxygen atoms in total. The van der Waals surface area contributed by atoms with E-state index in [1.165, 1.54) is 12.2 Å². The van der Waals surface area contributed by atoms with E-state index in [-0.39, 0.29) is 0 Å². The van der Waals surface area contributed by atoms with Crippen LogP contribution in [-0.2, 0) is 6.54 Å². The molecule has 0 aliphatic heterocycles. The largest absolute Gasteiger partial charge is 0.493 e. The van der Waals surface area contributed by atoms with Gasteiger partial charge in [-0.25, -0.2) is 0 Å². The molecule has 0 saturated carbocycles. The molecule has 0 aliphatic rings. The molecule has 0 bridgehead atoms. The third-order valence-electron chi connectivity index (χ3n) is 3.28. The normalized spacial score (nSPS) is 11.6. The number of guanidine groups is 1. The maximum atomic E-state index is 5.89. The molecule has 0 saturated heterocycles. The van der Waals surface area contributed by atoms with Crippen LogP contribution in [0.15, 0.2) is 29.3 Å². The molecule has 130 valence electrons. The van der Waals surface area contributed by atoms with Crippen LogP contribution in [0, 0.1) is 5.92 Å². The first-order valence-electron chi connectivity index (χ1n) is 8.31. The zero-order chi connectivity index (χ0) is 16.9. The van der Waals surface area contributed by atoms with E-state index >= 15 is 0 Å². The summed E-state index contributed by atoms with van der Waals surface area (Å²) in [6.07, 6.45) is 4.54. The van der Waals surface area contributed by atoms with Crippen LogP contribution < -0.4 is 15.4 Å². The van der Waals surface area contributed by atoms with Gasteiger partial charge in [0.1, 0.15) is 5.75 Å². The van der Waals surface area contributed by atoms with Gasteiger partial charge in [-0.05, 0) is 36.8 Å². The van der Waals surface area contributed by atoms with Gasteiger partial charge in [0.05, 0.1) is 6.61 Å². The highest BCUT2D eigenvalue weighted by Gasteiger charge is 2.05. The molecule has 23 heavy (non-hydrogen) atoms. The highest BCUT2D eigenvalue weighted by molar-refractivity contribution is 7.98. The minimum absolute atomic E-state index is 0.520. The second-order valence-corrected chi connectivity index (χ2v) is 6.85. The zero-order valence-corrected chi connectivity index (χ0v) is 15.7. The molecule has 1 aromatic rings. The number of hydrogen-bond acceptors (Lipinski definition) is 3. The molecule has 0 aromatic heterocycles. The van der Waals surface area contributed by atoms with Crippen LogP contribution in [0.3, 0.4) is 0 Å². The maximum absolute atomic E-state index is 5.89. The number of unbranched alkanes of at least 4 members (excludes halogenated alkanes) is 1. The first-order chi connectivity index (χ1) is 11.2. The van der Waals surface area contributed by atoms with Crippen LogP contribution in [0.4, 0.5) is 0 Å². The Bertz CT molecular complexity index is 463. The van der Waals surface area contributed by atoms with Crippen molar-refractivity contribution in [1.82, 2.24) is 10.6 Å². The summed E-state index contributed by atoms with van der Waals surface area (Å²) in [5.74, 6) is 3.53. The van der Waals surface area contributed by atoms with Crippen molar-refractivity contribution in [3.05, 3.63) is 29.8 Å². The van der Waals surface area contributed by atoms with Crippen molar-refractivity contribution in [2.45, 2.75) is 33.2 Å². The highest BCUT2D eigenvalue weighted by atomic mass is 32.2. The summed E-state index contributed by atoms with van der Waals surface area (Å²) in [5, 5.41) is 6.72. The predicted octanol–water partition coefficient (Wildman–Crippen LogP) is 3.53. The van der Waals surface area contributed by atoms with E-state index in [0.717, 1.165) is 36.8 Å². The summed E-state index contributed by atoms with van der Waals surface area (Å²) in [7, 11) is 1.80. The number of thioether (sulfide) groups is 1. The van der Waals surface area contributed by atoms with E-state index in [2.05, 4.69) is 41.8 Å². The number of nitrogens with one attached hydrogen (secondary N) is 2. The first-order valence-corrected chi connectivity index (χ1v) is 9.71. The fourth-order valence-electron chi connectivity index (χ4n) is 2.02. The third-order valence-corrected chi connectivity index (χ3v) is 3.98. The molecule has 0 radical (unpaired) electrons. The summed E-state index contributed by atoms with van der Waals surface area (Å²) >= 11 is 1.89. The molecule has 0 atom stereocenters. The molecule has 1 aromatic carbocycles. The van der Waals surface area contributed by atoms with Crippen LogP contribution in [0.2, 0.25) is 0 Å². The molecule has 2 N–H and O–H groups in total. The van der Waals surface area contributed by atoms with E-state index in [1.807, 2.05) is 30.0 Å². The first kappa shape index (κ1) is 19.7. The number of benzene rings is 1. The molecule has 0 heterocycles. The SMILES string of the molecule is CN=C(NCCCCSC)NCc1ccccc1OCC(C)C. The van der Waals surface area contributed by atoms with Gasteiger partial charge in [-0.2, -0.15) is 11.8 Å². The molecular formula is C18H31N3OS. The summed E-state index contributed by atoms with van der Waals surface area (Å²) in [4.78, 5) is 4.27. The molecule has 0 aliphatic carbocycles. The van der Waals surface area contributed by atoms with Crippen molar-refractivity contribution in [3.63, 3.8) is 0 Å². The van der Waals surface area contributed by atoms with Crippen LogP contribution in [0.25, 0.3) is 0 Å². The van der Waals surface area contributed by atoms with Gasteiger partial charge in [-0.15, -0.1) is 0 Å². The zero-order valence-electron chi connectivity index (χ0n) is 14.9. The summed E-state index contributed by atoms with van der Waals surface area (Å²) in [5.41, 5.74) is 1.15. The number of aliphatic imine (C=N–C) groups is 1.